The average Bonchev–Trinajstić information content (AvgIpc) is 2.74. The van der Waals surface area contributed by atoms with Gasteiger partial charge in [0.2, 0.25) is 0 Å². The molecule has 110 valence electrons. The molecule has 9 nitrogen and oxygen atoms in total. The minimum atomic E-state index is -4.03. The maximum absolute atomic E-state index is 11.7. The third kappa shape index (κ3) is 4.56. The van der Waals surface area contributed by atoms with Gasteiger partial charge < -0.3 is 15.7 Å². The molecule has 1 saturated carbocycles. The highest BCUT2D eigenvalue weighted by Gasteiger charge is 2.34. The van der Waals surface area contributed by atoms with Gasteiger partial charge >= 0.3 is 16.3 Å². The molecule has 19 heavy (non-hydrogen) atoms. The van der Waals surface area contributed by atoms with E-state index in [1.54, 1.807) is 11.6 Å². The van der Waals surface area contributed by atoms with Crippen LogP contribution in [-0.2, 0) is 14.9 Å². The highest BCUT2D eigenvalue weighted by Crippen LogP contribution is 2.26. The van der Waals surface area contributed by atoms with Crippen LogP contribution in [0.3, 0.4) is 0 Å². The number of amidine groups is 1. The van der Waals surface area contributed by atoms with Gasteiger partial charge in [-0.3, -0.25) is 0 Å². The van der Waals surface area contributed by atoms with Crippen molar-refractivity contribution in [2.45, 2.75) is 32.2 Å². The fraction of sp³-hybridized carbons (Fsp3) is 0.778. The Bertz CT molecular complexity index is 450. The van der Waals surface area contributed by atoms with Crippen LogP contribution in [0.1, 0.15) is 26.2 Å². The molecule has 0 aromatic rings. The summed E-state index contributed by atoms with van der Waals surface area (Å²) in [6.45, 7) is 1.63. The summed E-state index contributed by atoms with van der Waals surface area (Å²) in [7, 11) is -4.03. The Hall–Kier alpha value is -1.55. The number of amides is 1. The first-order valence-electron chi connectivity index (χ1n) is 5.84. The maximum Gasteiger partial charge on any atom is 0.421 e. The summed E-state index contributed by atoms with van der Waals surface area (Å²) >= 11 is 0. The van der Waals surface area contributed by atoms with Gasteiger partial charge in [-0.2, -0.15) is 13.1 Å². The molecule has 10 heteroatoms. The number of hydrogen-bond donors (Lipinski definition) is 4. The van der Waals surface area contributed by atoms with Crippen molar-refractivity contribution in [2.24, 2.45) is 16.8 Å². The number of rotatable bonds is 5. The van der Waals surface area contributed by atoms with Crippen LogP contribution in [0, 0.1) is 5.92 Å². The molecule has 0 aromatic carbocycles. The van der Waals surface area contributed by atoms with Crippen LogP contribution in [0.15, 0.2) is 5.16 Å². The third-order valence-corrected chi connectivity index (χ3v) is 3.86. The predicted molar refractivity (Wildman–Crippen MR) is 66.8 cm³/mol. The number of ether oxygens (including phenoxy) is 1. The van der Waals surface area contributed by atoms with Gasteiger partial charge in [-0.15, -0.1) is 0 Å². The molecule has 1 aliphatic rings. The van der Waals surface area contributed by atoms with Crippen molar-refractivity contribution < 1.29 is 23.2 Å². The minimum Gasteiger partial charge on any atom is -0.449 e. The lowest BCUT2D eigenvalue weighted by molar-refractivity contribution is 0.158. The highest BCUT2D eigenvalue weighted by atomic mass is 32.2. The van der Waals surface area contributed by atoms with E-state index in [9.17, 15) is 13.2 Å². The van der Waals surface area contributed by atoms with E-state index in [0.717, 1.165) is 6.42 Å². The molecule has 0 radical (unpaired) electrons. The number of carbonyl (C=O) groups is 1. The van der Waals surface area contributed by atoms with Crippen LogP contribution in [0.4, 0.5) is 4.79 Å². The zero-order valence-corrected chi connectivity index (χ0v) is 11.3. The van der Waals surface area contributed by atoms with E-state index in [-0.39, 0.29) is 18.4 Å². The Labute approximate surface area is 111 Å². The topological polar surface area (TPSA) is 143 Å². The molecule has 2 atom stereocenters. The summed E-state index contributed by atoms with van der Waals surface area (Å²) < 4.78 is 31.8. The fourth-order valence-corrected chi connectivity index (χ4v) is 3.05. The number of nitrogens with one attached hydrogen (secondary N) is 2. The largest absolute Gasteiger partial charge is 0.449 e. The molecular weight excluding hydrogens is 276 g/mol. The zero-order chi connectivity index (χ0) is 14.5. The quantitative estimate of drug-likeness (QED) is 0.232. The van der Waals surface area contributed by atoms with Gasteiger partial charge in [0.05, 0.1) is 6.61 Å². The van der Waals surface area contributed by atoms with Crippen LogP contribution >= 0.6 is 0 Å². The van der Waals surface area contributed by atoms with E-state index >= 15 is 0 Å². The second-order valence-corrected chi connectivity index (χ2v) is 5.56. The normalized spacial score (nSPS) is 24.2. The zero-order valence-electron chi connectivity index (χ0n) is 10.5. The van der Waals surface area contributed by atoms with Crippen molar-refractivity contribution in [3.05, 3.63) is 0 Å². The molecule has 1 fully saturated rings. The molecule has 0 saturated heterocycles. The van der Waals surface area contributed by atoms with Crippen LogP contribution in [0.2, 0.25) is 0 Å². The second-order valence-electron chi connectivity index (χ2n) is 4.11. The lowest BCUT2D eigenvalue weighted by Gasteiger charge is -2.19. The Morgan fingerprint density at radius 3 is 2.79 bits per heavy atom. The highest BCUT2D eigenvalue weighted by molar-refractivity contribution is 7.88. The Balaban J connectivity index is 2.64. The summed E-state index contributed by atoms with van der Waals surface area (Å²) in [5.41, 5.74) is 5.49. The van der Waals surface area contributed by atoms with E-state index in [1.807, 2.05) is 0 Å². The van der Waals surface area contributed by atoms with Gasteiger partial charge in [-0.25, -0.2) is 9.52 Å². The SMILES string of the molecule is CCOC(=O)NS(=O)(=O)NC1CCCC1C(N)=NO. The monoisotopic (exact) mass is 294 g/mol. The average molecular weight is 294 g/mol. The molecular formula is C9H18N4O5S. The van der Waals surface area contributed by atoms with E-state index in [4.69, 9.17) is 10.9 Å². The molecule has 0 spiro atoms. The maximum atomic E-state index is 11.7. The predicted octanol–water partition coefficient (Wildman–Crippen LogP) is -0.518. The second kappa shape index (κ2) is 6.57. The summed E-state index contributed by atoms with van der Waals surface area (Å²) in [4.78, 5) is 11.1. The molecule has 0 aliphatic heterocycles. The molecule has 5 N–H and O–H groups in total. The summed E-state index contributed by atoms with van der Waals surface area (Å²) in [5.74, 6) is -0.412. The molecule has 1 amide bonds. The number of nitrogens with two attached hydrogens (primary N) is 1. The molecule has 0 aromatic heterocycles. The van der Waals surface area contributed by atoms with Crippen molar-refractivity contribution in [2.75, 3.05) is 6.61 Å². The van der Waals surface area contributed by atoms with Crippen molar-refractivity contribution in [1.29, 1.82) is 0 Å². The molecule has 1 rings (SSSR count). The van der Waals surface area contributed by atoms with Crippen LogP contribution in [0.25, 0.3) is 0 Å². The molecule has 2 unspecified atom stereocenters. The van der Waals surface area contributed by atoms with Crippen molar-refractivity contribution in [3.63, 3.8) is 0 Å². The number of nitrogens with zero attached hydrogens (tertiary/aromatic N) is 1. The van der Waals surface area contributed by atoms with Crippen LogP contribution in [0.5, 0.6) is 0 Å². The van der Waals surface area contributed by atoms with Gasteiger partial charge in [0.1, 0.15) is 5.84 Å². The first kappa shape index (κ1) is 15.5. The Morgan fingerprint density at radius 1 is 1.53 bits per heavy atom. The standard InChI is InChI=1S/C9H18N4O5S/c1-2-18-9(14)13-19(16,17)12-7-5-3-4-6(7)8(10)11-15/h6-7,12,15H,2-5H2,1H3,(H2,10,11)(H,13,14). The first-order valence-corrected chi connectivity index (χ1v) is 7.32. The minimum absolute atomic E-state index is 0.0265. The molecule has 1 aliphatic carbocycles. The van der Waals surface area contributed by atoms with E-state index < -0.39 is 22.3 Å². The summed E-state index contributed by atoms with van der Waals surface area (Å²) in [5, 5.41) is 11.5. The third-order valence-electron chi connectivity index (χ3n) is 2.81. The van der Waals surface area contributed by atoms with E-state index in [2.05, 4.69) is 14.6 Å². The van der Waals surface area contributed by atoms with Crippen LogP contribution in [-0.4, -0.2) is 38.2 Å². The van der Waals surface area contributed by atoms with E-state index in [1.165, 1.54) is 0 Å². The Morgan fingerprint density at radius 2 is 2.21 bits per heavy atom. The van der Waals surface area contributed by atoms with Gasteiger partial charge in [0.25, 0.3) is 0 Å². The summed E-state index contributed by atoms with van der Waals surface area (Å²) in [6.07, 6.45) is 0.856. The summed E-state index contributed by atoms with van der Waals surface area (Å²) in [6, 6.07) is -0.511. The fourth-order valence-electron chi connectivity index (χ4n) is 2.03. The van der Waals surface area contributed by atoms with Gasteiger partial charge in [0.15, 0.2) is 0 Å². The van der Waals surface area contributed by atoms with Crippen molar-refractivity contribution in [3.8, 4) is 0 Å². The van der Waals surface area contributed by atoms with Crippen molar-refractivity contribution in [1.82, 2.24) is 9.44 Å². The van der Waals surface area contributed by atoms with E-state index in [0.29, 0.717) is 12.8 Å². The van der Waals surface area contributed by atoms with Gasteiger partial charge in [-0.05, 0) is 19.8 Å². The number of hydrogen-bond acceptors (Lipinski definition) is 6. The smallest absolute Gasteiger partial charge is 0.421 e. The first-order chi connectivity index (χ1) is 8.89. The number of carbonyl (C=O) groups excluding carboxylic acids is 1. The van der Waals surface area contributed by atoms with Gasteiger partial charge in [0, 0.05) is 12.0 Å². The lowest BCUT2D eigenvalue weighted by Crippen LogP contribution is -2.48. The van der Waals surface area contributed by atoms with Crippen LogP contribution < -0.4 is 15.2 Å². The molecule has 0 heterocycles. The Kier molecular flexibility index (Phi) is 5.36. The van der Waals surface area contributed by atoms with Gasteiger partial charge in [-0.1, -0.05) is 11.6 Å². The molecule has 0 bridgehead atoms. The van der Waals surface area contributed by atoms with Crippen molar-refractivity contribution >= 4 is 22.1 Å². The number of oxime groups is 1. The lowest BCUT2D eigenvalue weighted by atomic mass is 10.0.